The largest absolute Gasteiger partial charge is 0.361 e. The van der Waals surface area contributed by atoms with Gasteiger partial charge in [0.15, 0.2) is 12.1 Å². The van der Waals surface area contributed by atoms with Gasteiger partial charge in [-0.05, 0) is 6.04 Å². The van der Waals surface area contributed by atoms with Crippen LogP contribution in [0.15, 0.2) is 36.5 Å². The van der Waals surface area contributed by atoms with Crippen LogP contribution < -0.4 is 0 Å². The zero-order valence-electron chi connectivity index (χ0n) is 12.9. The smallest absolute Gasteiger partial charge is 0.185 e. The van der Waals surface area contributed by atoms with E-state index in [1.165, 1.54) is 0 Å². The van der Waals surface area contributed by atoms with Gasteiger partial charge in [-0.25, -0.2) is 4.98 Å². The van der Waals surface area contributed by atoms with Crippen LogP contribution in [0.1, 0.15) is 10.6 Å². The number of aromatic nitrogens is 2. The highest BCUT2D eigenvalue weighted by atomic mass is 28.3. The molecule has 0 amide bonds. The van der Waals surface area contributed by atoms with E-state index in [0.29, 0.717) is 12.6 Å². The molecular weight excluding hydrogens is 280 g/mol. The summed E-state index contributed by atoms with van der Waals surface area (Å²) in [5.74, 6) is 0.404. The molecule has 1 heterocycles. The van der Waals surface area contributed by atoms with Crippen LogP contribution in [0.2, 0.25) is 25.7 Å². The molecule has 21 heavy (non-hydrogen) atoms. The van der Waals surface area contributed by atoms with Gasteiger partial charge in [-0.2, -0.15) is 0 Å². The molecule has 0 aliphatic heterocycles. The summed E-state index contributed by atoms with van der Waals surface area (Å²) in [5.41, 5.74) is 1.80. The van der Waals surface area contributed by atoms with Gasteiger partial charge in [0.05, 0.1) is 5.69 Å². The van der Waals surface area contributed by atoms with Crippen LogP contribution in [0.25, 0.3) is 11.3 Å². The first-order valence-corrected chi connectivity index (χ1v) is 10.9. The number of rotatable bonds is 7. The summed E-state index contributed by atoms with van der Waals surface area (Å²) in [7, 11) is -1.08. The zero-order valence-corrected chi connectivity index (χ0v) is 13.9. The zero-order chi connectivity index (χ0) is 15.3. The molecule has 0 aliphatic carbocycles. The topological polar surface area (TPSA) is 44.1 Å². The molecule has 5 heteroatoms. The molecule has 112 valence electrons. The Hall–Kier alpha value is -1.72. The lowest BCUT2D eigenvalue weighted by Crippen LogP contribution is -2.22. The van der Waals surface area contributed by atoms with Gasteiger partial charge in [0.2, 0.25) is 0 Å². The van der Waals surface area contributed by atoms with Crippen LogP contribution in [0.3, 0.4) is 0 Å². The lowest BCUT2D eigenvalue weighted by atomic mass is 10.2. The minimum Gasteiger partial charge on any atom is -0.361 e. The maximum atomic E-state index is 11.1. The van der Waals surface area contributed by atoms with Gasteiger partial charge in [0.1, 0.15) is 6.73 Å². The monoisotopic (exact) mass is 302 g/mol. The Balaban J connectivity index is 2.03. The second-order valence-electron chi connectivity index (χ2n) is 6.29. The van der Waals surface area contributed by atoms with E-state index in [-0.39, 0.29) is 0 Å². The van der Waals surface area contributed by atoms with Crippen LogP contribution in [-0.4, -0.2) is 30.5 Å². The highest BCUT2D eigenvalue weighted by molar-refractivity contribution is 6.76. The maximum absolute atomic E-state index is 11.1. The quantitative estimate of drug-likeness (QED) is 0.445. The minimum atomic E-state index is -1.08. The second-order valence-corrected chi connectivity index (χ2v) is 11.9. The molecule has 1 aromatic heterocycles. The molecular formula is C16H22N2O2Si. The third-order valence-corrected chi connectivity index (χ3v) is 4.91. The van der Waals surface area contributed by atoms with Crippen molar-refractivity contribution in [2.45, 2.75) is 32.4 Å². The van der Waals surface area contributed by atoms with E-state index in [4.69, 9.17) is 4.74 Å². The molecule has 0 bridgehead atoms. The van der Waals surface area contributed by atoms with Gasteiger partial charge in [-0.15, -0.1) is 0 Å². The fraction of sp³-hybridized carbons (Fsp3) is 0.375. The number of aldehydes is 1. The first-order chi connectivity index (χ1) is 9.99. The van der Waals surface area contributed by atoms with E-state index >= 15 is 0 Å². The molecule has 0 radical (unpaired) electrons. The standard InChI is InChI=1S/C16H22N2O2Si/c1-21(2,3)10-9-20-13-18-11-15(17-16(18)12-19)14-7-5-4-6-8-14/h4-8,11-12H,9-10,13H2,1-3H3. The van der Waals surface area contributed by atoms with Crippen LogP contribution in [0, 0.1) is 0 Å². The Labute approximate surface area is 126 Å². The van der Waals surface area contributed by atoms with Gasteiger partial charge < -0.3 is 9.30 Å². The summed E-state index contributed by atoms with van der Waals surface area (Å²) < 4.78 is 7.45. The Bertz CT molecular complexity index is 588. The average molecular weight is 302 g/mol. The first-order valence-electron chi connectivity index (χ1n) is 7.15. The minimum absolute atomic E-state index is 0.373. The Morgan fingerprint density at radius 2 is 1.95 bits per heavy atom. The number of benzene rings is 1. The van der Waals surface area contributed by atoms with Crippen molar-refractivity contribution in [3.05, 3.63) is 42.4 Å². The van der Waals surface area contributed by atoms with Crippen molar-refractivity contribution in [1.29, 1.82) is 0 Å². The first kappa shape index (κ1) is 15.7. The Morgan fingerprint density at radius 1 is 1.24 bits per heavy atom. The molecule has 0 aliphatic rings. The number of nitrogens with zero attached hydrogens (tertiary/aromatic N) is 2. The number of hydrogen-bond donors (Lipinski definition) is 0. The Morgan fingerprint density at radius 3 is 2.57 bits per heavy atom. The summed E-state index contributed by atoms with van der Waals surface area (Å²) in [6.45, 7) is 8.05. The average Bonchev–Trinajstić information content (AvgIpc) is 2.87. The van der Waals surface area contributed by atoms with Crippen LogP contribution in [0.5, 0.6) is 0 Å². The molecule has 2 rings (SSSR count). The van der Waals surface area contributed by atoms with Crippen molar-refractivity contribution < 1.29 is 9.53 Å². The van der Waals surface area contributed by atoms with Gasteiger partial charge in [0, 0.05) is 26.4 Å². The lowest BCUT2D eigenvalue weighted by molar-refractivity contribution is 0.0832. The number of carbonyl (C=O) groups excluding carboxylic acids is 1. The molecule has 0 unspecified atom stereocenters. The molecule has 0 spiro atoms. The third-order valence-electron chi connectivity index (χ3n) is 3.21. The maximum Gasteiger partial charge on any atom is 0.185 e. The molecule has 0 N–H and O–H groups in total. The third kappa shape index (κ3) is 4.65. The number of ether oxygens (including phenoxy) is 1. The van der Waals surface area contributed by atoms with Gasteiger partial charge >= 0.3 is 0 Å². The van der Waals surface area contributed by atoms with Crippen molar-refractivity contribution in [3.8, 4) is 11.3 Å². The van der Waals surface area contributed by atoms with E-state index in [0.717, 1.165) is 30.2 Å². The van der Waals surface area contributed by atoms with E-state index < -0.39 is 8.07 Å². The summed E-state index contributed by atoms with van der Waals surface area (Å²) in [5, 5.41) is 0. The van der Waals surface area contributed by atoms with Crippen LogP contribution in [-0.2, 0) is 11.5 Å². The normalized spacial score (nSPS) is 11.6. The van der Waals surface area contributed by atoms with Gasteiger partial charge in [0.25, 0.3) is 0 Å². The van der Waals surface area contributed by atoms with Crippen molar-refractivity contribution >= 4 is 14.4 Å². The SMILES string of the molecule is C[Si](C)(C)CCOCn1cc(-c2ccccc2)nc1C=O. The van der Waals surface area contributed by atoms with E-state index in [9.17, 15) is 4.79 Å². The molecule has 1 aromatic carbocycles. The molecule has 0 fully saturated rings. The predicted molar refractivity (Wildman–Crippen MR) is 87.2 cm³/mol. The van der Waals surface area contributed by atoms with Crippen molar-refractivity contribution in [2.24, 2.45) is 0 Å². The van der Waals surface area contributed by atoms with Crippen molar-refractivity contribution in [1.82, 2.24) is 9.55 Å². The second kappa shape index (κ2) is 6.82. The molecule has 0 saturated heterocycles. The summed E-state index contributed by atoms with van der Waals surface area (Å²) in [6.07, 6.45) is 2.64. The van der Waals surface area contributed by atoms with Gasteiger partial charge in [-0.3, -0.25) is 4.79 Å². The van der Waals surface area contributed by atoms with Crippen LogP contribution >= 0.6 is 0 Å². The van der Waals surface area contributed by atoms with E-state index in [2.05, 4.69) is 24.6 Å². The lowest BCUT2D eigenvalue weighted by Gasteiger charge is -2.15. The summed E-state index contributed by atoms with van der Waals surface area (Å²) >= 11 is 0. The number of imidazole rings is 1. The fourth-order valence-corrected chi connectivity index (χ4v) is 2.67. The summed E-state index contributed by atoms with van der Waals surface area (Å²) in [4.78, 5) is 15.5. The fourth-order valence-electron chi connectivity index (χ4n) is 1.92. The number of hydrogen-bond acceptors (Lipinski definition) is 3. The molecule has 4 nitrogen and oxygen atoms in total. The van der Waals surface area contributed by atoms with Crippen molar-refractivity contribution in [3.63, 3.8) is 0 Å². The predicted octanol–water partition coefficient (Wildman–Crippen LogP) is 3.67. The highest BCUT2D eigenvalue weighted by Gasteiger charge is 2.13. The Kier molecular flexibility index (Phi) is 5.09. The van der Waals surface area contributed by atoms with E-state index in [1.54, 1.807) is 4.57 Å². The summed E-state index contributed by atoms with van der Waals surface area (Å²) in [6, 6.07) is 10.9. The highest BCUT2D eigenvalue weighted by Crippen LogP contribution is 2.18. The van der Waals surface area contributed by atoms with E-state index in [1.807, 2.05) is 36.5 Å². The molecule has 0 atom stereocenters. The van der Waals surface area contributed by atoms with Crippen LogP contribution in [0.4, 0.5) is 0 Å². The molecule has 0 saturated carbocycles. The molecule has 2 aromatic rings. The number of carbonyl (C=O) groups is 1. The van der Waals surface area contributed by atoms with Crippen molar-refractivity contribution in [2.75, 3.05) is 6.61 Å². The van der Waals surface area contributed by atoms with Gasteiger partial charge in [-0.1, -0.05) is 50.0 Å².